The summed E-state index contributed by atoms with van der Waals surface area (Å²) in [6.07, 6.45) is 1.50. The number of rotatable bonds is 10. The van der Waals surface area contributed by atoms with E-state index in [1.165, 1.54) is 16.3 Å². The summed E-state index contributed by atoms with van der Waals surface area (Å²) < 4.78 is 36.5. The maximum Gasteiger partial charge on any atom is 0.430 e. The molecule has 0 radical (unpaired) electrons. The van der Waals surface area contributed by atoms with Crippen LogP contribution in [-0.4, -0.2) is 79.8 Å². The Morgan fingerprint density at radius 3 is 2.46 bits per heavy atom. The minimum Gasteiger partial charge on any atom is -0.542 e. The van der Waals surface area contributed by atoms with Crippen LogP contribution in [-0.2, 0) is 24.4 Å². The second-order valence-electron chi connectivity index (χ2n) is 10.4. The highest BCUT2D eigenvalue weighted by molar-refractivity contribution is 6.18. The van der Waals surface area contributed by atoms with Crippen molar-refractivity contribution in [3.05, 3.63) is 60.0 Å². The molecule has 10 nitrogen and oxygen atoms in total. The molecule has 2 N–H and O–H groups in total. The summed E-state index contributed by atoms with van der Waals surface area (Å²) in [5.41, 5.74) is 5.01. The van der Waals surface area contributed by atoms with Gasteiger partial charge in [0.15, 0.2) is 6.29 Å². The van der Waals surface area contributed by atoms with Crippen LogP contribution in [0.5, 0.6) is 0 Å². The predicted molar refractivity (Wildman–Crippen MR) is 145 cm³/mol. The molecular weight excluding hydrogens is 541 g/mol. The molecule has 0 saturated carbocycles. The van der Waals surface area contributed by atoms with Gasteiger partial charge < -0.3 is 29.0 Å². The van der Waals surface area contributed by atoms with Gasteiger partial charge >= 0.3 is 6.18 Å². The number of para-hydroxylation sites is 1. The van der Waals surface area contributed by atoms with E-state index < -0.39 is 12.1 Å². The number of unbranched alkanes of at least 4 members (excludes halogenated alkanes) is 1. The summed E-state index contributed by atoms with van der Waals surface area (Å²) in [5.74, 6) is -3.01. The molecule has 0 atom stereocenters. The first kappa shape index (κ1) is 29.7. The third kappa shape index (κ3) is 6.74. The van der Waals surface area contributed by atoms with Crippen LogP contribution in [0.25, 0.3) is 32.7 Å². The maximum atomic E-state index is 11.5. The number of halogens is 3. The average Bonchev–Trinajstić information content (AvgIpc) is 3.61. The number of alkyl halides is 3. The second kappa shape index (κ2) is 12.1. The molecule has 0 spiro atoms. The molecule has 0 bridgehead atoms. The van der Waals surface area contributed by atoms with Crippen LogP contribution in [0.15, 0.2) is 48.8 Å². The van der Waals surface area contributed by atoms with E-state index in [0.717, 1.165) is 60.9 Å². The lowest BCUT2D eigenvalue weighted by Crippen LogP contribution is -2.41. The first-order valence-corrected chi connectivity index (χ1v) is 13.0. The Balaban J connectivity index is 0.000000493. The summed E-state index contributed by atoms with van der Waals surface area (Å²) in [6, 6.07) is 12.7. The number of carbonyl (C=O) groups is 2. The number of benzene rings is 2. The van der Waals surface area contributed by atoms with E-state index >= 15 is 0 Å². The molecule has 3 heterocycles. The quantitative estimate of drug-likeness (QED) is 0.150. The minimum absolute atomic E-state index is 0.162. The van der Waals surface area contributed by atoms with Gasteiger partial charge in [-0.05, 0) is 18.9 Å². The highest BCUT2D eigenvalue weighted by Gasteiger charge is 2.28. The summed E-state index contributed by atoms with van der Waals surface area (Å²) in [6.45, 7) is 3.28. The van der Waals surface area contributed by atoms with Gasteiger partial charge in [0.2, 0.25) is 0 Å². The number of aromatic nitrogens is 5. The van der Waals surface area contributed by atoms with Gasteiger partial charge in [0.05, 0.1) is 37.9 Å². The van der Waals surface area contributed by atoms with Crippen LogP contribution in [0.2, 0.25) is 0 Å². The van der Waals surface area contributed by atoms with Crippen molar-refractivity contribution in [2.24, 2.45) is 0 Å². The Kier molecular flexibility index (Phi) is 8.78. The zero-order chi connectivity index (χ0) is 29.8. The second-order valence-corrected chi connectivity index (χ2v) is 10.4. The van der Waals surface area contributed by atoms with Crippen molar-refractivity contribution < 1.29 is 37.5 Å². The molecule has 0 aliphatic rings. The third-order valence-electron chi connectivity index (χ3n) is 6.87. The maximum absolute atomic E-state index is 11.5. The van der Waals surface area contributed by atoms with Crippen LogP contribution in [0, 0.1) is 0 Å². The molecule has 13 heteroatoms. The smallest absolute Gasteiger partial charge is 0.430 e. The lowest BCUT2D eigenvalue weighted by molar-refractivity contribution is -0.904. The largest absolute Gasteiger partial charge is 0.542 e. The van der Waals surface area contributed by atoms with E-state index in [9.17, 15) is 23.1 Å². The number of likely N-dealkylation sites (N-methyl/N-ethyl adjacent to an activating group) is 1. The van der Waals surface area contributed by atoms with Gasteiger partial charge in [-0.25, -0.2) is 0 Å². The first-order valence-electron chi connectivity index (χ1n) is 13.0. The van der Waals surface area contributed by atoms with Crippen LogP contribution < -0.4 is 5.11 Å². The van der Waals surface area contributed by atoms with E-state index in [2.05, 4.69) is 64.3 Å². The summed E-state index contributed by atoms with van der Waals surface area (Å²) in [7, 11) is 4.17. The SMILES string of the molecule is C[N+](C)(CCO)Cc1cn(CCCCn2c3ccccc3c3ccc4c(C=O)c[nH]c4c32)nn1.O=C([O-])C(F)(F)F. The van der Waals surface area contributed by atoms with Gasteiger partial charge in [-0.3, -0.25) is 9.48 Å². The van der Waals surface area contributed by atoms with Gasteiger partial charge in [0, 0.05) is 46.5 Å². The molecule has 3 aromatic heterocycles. The number of H-pyrrole nitrogens is 1. The molecular formula is C28H31F3N6O4. The average molecular weight is 573 g/mol. The van der Waals surface area contributed by atoms with Crippen LogP contribution >= 0.6 is 0 Å². The standard InChI is InChI=1S/C26H30N6O2.C2HF3O2/c1-32(2,13-14-33)17-20-16-30(29-28-20)11-5-6-12-31-24-8-4-3-7-22(24)23-10-9-21-19(18-34)15-27-25(21)26(23)31;3-2(4,5)1(6)7/h3-4,7-10,15-16,18,33H,5-6,11-14,17H2,1-2H3;(H,6,7). The van der Waals surface area contributed by atoms with Gasteiger partial charge in [0.25, 0.3) is 0 Å². The van der Waals surface area contributed by atoms with Gasteiger partial charge in [-0.1, -0.05) is 35.5 Å². The molecule has 5 rings (SSSR count). The number of aldehydes is 1. The summed E-state index contributed by atoms with van der Waals surface area (Å²) in [4.78, 5) is 23.6. The minimum atomic E-state index is -5.19. The van der Waals surface area contributed by atoms with Crippen molar-refractivity contribution in [1.29, 1.82) is 0 Å². The monoisotopic (exact) mass is 572 g/mol. The number of fused-ring (bicyclic) bond motifs is 5. The van der Waals surface area contributed by atoms with E-state index in [4.69, 9.17) is 9.90 Å². The van der Waals surface area contributed by atoms with Crippen molar-refractivity contribution in [2.45, 2.75) is 38.7 Å². The van der Waals surface area contributed by atoms with Crippen molar-refractivity contribution in [1.82, 2.24) is 24.5 Å². The molecule has 0 aliphatic heterocycles. The highest BCUT2D eigenvalue weighted by atomic mass is 19.4. The number of aromatic amines is 1. The number of carboxylic acids is 1. The Morgan fingerprint density at radius 2 is 1.78 bits per heavy atom. The number of hydrogen-bond acceptors (Lipinski definition) is 6. The molecule has 0 aliphatic carbocycles. The number of hydrogen-bond donors (Lipinski definition) is 2. The highest BCUT2D eigenvalue weighted by Crippen LogP contribution is 2.34. The third-order valence-corrected chi connectivity index (χ3v) is 6.87. The van der Waals surface area contributed by atoms with Crippen LogP contribution in [0.4, 0.5) is 13.2 Å². The fraction of sp³-hybridized carbons (Fsp3) is 0.357. The number of aliphatic carboxylic acids is 1. The van der Waals surface area contributed by atoms with Crippen molar-refractivity contribution in [3.8, 4) is 0 Å². The fourth-order valence-corrected chi connectivity index (χ4v) is 4.94. The van der Waals surface area contributed by atoms with E-state index in [1.807, 2.05) is 16.9 Å². The fourth-order valence-electron chi connectivity index (χ4n) is 4.94. The Hall–Kier alpha value is -4.23. The zero-order valence-corrected chi connectivity index (χ0v) is 22.7. The van der Waals surface area contributed by atoms with Crippen LogP contribution in [0.1, 0.15) is 28.9 Å². The van der Waals surface area contributed by atoms with E-state index in [-0.39, 0.29) is 6.61 Å². The number of carbonyl (C=O) groups excluding carboxylic acids is 2. The topological polar surface area (TPSA) is 129 Å². The van der Waals surface area contributed by atoms with Gasteiger partial charge in [-0.2, -0.15) is 13.2 Å². The first-order chi connectivity index (χ1) is 19.4. The summed E-state index contributed by atoms with van der Waals surface area (Å²) >= 11 is 0. The number of carboxylic acid groups (broad SMARTS) is 1. The molecule has 0 fully saturated rings. The number of quaternary nitrogens is 1. The Bertz CT molecular complexity index is 1670. The predicted octanol–water partition coefficient (Wildman–Crippen LogP) is 3.03. The van der Waals surface area contributed by atoms with E-state index in [0.29, 0.717) is 16.6 Å². The lowest BCUT2D eigenvalue weighted by atomic mass is 10.1. The number of aliphatic hydroxyl groups excluding tert-OH is 1. The number of nitrogens with one attached hydrogen (secondary N) is 1. The van der Waals surface area contributed by atoms with E-state index in [1.54, 1.807) is 6.20 Å². The summed E-state index contributed by atoms with van der Waals surface area (Å²) in [5, 5.41) is 30.0. The van der Waals surface area contributed by atoms with Crippen molar-refractivity contribution in [2.75, 3.05) is 27.2 Å². The molecule has 0 unspecified atom stereocenters. The Labute approximate surface area is 233 Å². The number of nitrogens with zero attached hydrogens (tertiary/aromatic N) is 5. The molecule has 41 heavy (non-hydrogen) atoms. The normalized spacial score (nSPS) is 12.1. The van der Waals surface area contributed by atoms with Gasteiger partial charge in [0.1, 0.15) is 24.8 Å². The zero-order valence-electron chi connectivity index (χ0n) is 22.7. The molecule has 0 saturated heterocycles. The molecule has 0 amide bonds. The van der Waals surface area contributed by atoms with Crippen molar-refractivity contribution >= 4 is 45.0 Å². The molecule has 218 valence electrons. The molecule has 5 aromatic rings. The number of aryl methyl sites for hydroxylation is 2. The Morgan fingerprint density at radius 1 is 1.10 bits per heavy atom. The van der Waals surface area contributed by atoms with Crippen molar-refractivity contribution in [3.63, 3.8) is 0 Å². The van der Waals surface area contributed by atoms with Gasteiger partial charge in [-0.15, -0.1) is 5.10 Å². The lowest BCUT2D eigenvalue weighted by Gasteiger charge is -2.27. The number of aliphatic hydroxyl groups is 1. The van der Waals surface area contributed by atoms with Crippen LogP contribution in [0.3, 0.4) is 0 Å². The molecule has 2 aromatic carbocycles.